The third-order valence-electron chi connectivity index (χ3n) is 10.1. The van der Waals surface area contributed by atoms with Gasteiger partial charge in [0.1, 0.15) is 16.8 Å². The van der Waals surface area contributed by atoms with E-state index < -0.39 is 0 Å². The first kappa shape index (κ1) is 33.3. The lowest BCUT2D eigenvalue weighted by molar-refractivity contribution is 0.179. The fraction of sp³-hybridized carbons (Fsp3) is 0.657. The number of aryl methyl sites for hydroxylation is 3. The number of hydrogen-bond acceptors (Lipinski definition) is 8. The highest BCUT2D eigenvalue weighted by Gasteiger charge is 2.31. The van der Waals surface area contributed by atoms with Crippen LogP contribution in [0.5, 0.6) is 0 Å². The van der Waals surface area contributed by atoms with Crippen LogP contribution >= 0.6 is 11.3 Å². The number of nitriles is 1. The summed E-state index contributed by atoms with van der Waals surface area (Å²) in [5, 5.41) is 20.1. The Labute approximate surface area is 264 Å². The van der Waals surface area contributed by atoms with Gasteiger partial charge in [-0.25, -0.2) is 9.97 Å². The average Bonchev–Trinajstić information content (AvgIpc) is 3.54. The average molecular weight is 604 g/mol. The van der Waals surface area contributed by atoms with E-state index in [9.17, 15) is 10.7 Å². The molecule has 1 fully saturated rings. The molecule has 3 heterocycles. The van der Waals surface area contributed by atoms with E-state index >= 15 is 0 Å². The van der Waals surface area contributed by atoms with Gasteiger partial charge in [-0.1, -0.05) is 18.9 Å². The summed E-state index contributed by atoms with van der Waals surface area (Å²) in [6.07, 6.45) is 12.3. The van der Waals surface area contributed by atoms with Crippen molar-refractivity contribution < 1.29 is 0 Å². The Hall–Kier alpha value is -2.60. The highest BCUT2D eigenvalue weighted by atomic mass is 32.1. The number of rotatable bonds is 13. The Kier molecular flexibility index (Phi) is 11.2. The molecule has 8 heteroatoms. The van der Waals surface area contributed by atoms with Gasteiger partial charge in [-0.2, -0.15) is 5.26 Å². The Morgan fingerprint density at radius 3 is 2.56 bits per heavy atom. The van der Waals surface area contributed by atoms with Crippen LogP contribution < -0.4 is 5.73 Å². The third-order valence-corrected chi connectivity index (χ3v) is 11.2. The number of nitrogen functional groups attached to an aromatic ring is 1. The smallest absolute Gasteiger partial charge is 0.178 e. The standard InChI is InChI=1S/C35H53N7S/c1-8-12-28(23(2)27-15-9-16-30-31(27)29(22-36)33(38)43-30)32(37)34-39-24(13-10-19-35(3,4)41(5)6)21-25(40-34)17-18-26-14-11-20-42(26)7/h21,26-27,37H,8-20,38H2,1-7H3/b28-23+,37-32?/t26-,27+/m0/s1. The lowest BCUT2D eigenvalue weighted by atomic mass is 9.78. The van der Waals surface area contributed by atoms with Gasteiger partial charge in [0.15, 0.2) is 5.82 Å². The molecule has 43 heavy (non-hydrogen) atoms. The molecule has 0 amide bonds. The molecular formula is C35H53N7S. The Bertz CT molecular complexity index is 1360. The summed E-state index contributed by atoms with van der Waals surface area (Å²) in [7, 11) is 6.52. The predicted octanol–water partition coefficient (Wildman–Crippen LogP) is 7.29. The molecule has 1 saturated heterocycles. The summed E-state index contributed by atoms with van der Waals surface area (Å²) in [4.78, 5) is 16.1. The molecular weight excluding hydrogens is 551 g/mol. The third kappa shape index (κ3) is 7.74. The molecule has 3 N–H and O–H groups in total. The van der Waals surface area contributed by atoms with Crippen LogP contribution in [-0.2, 0) is 19.3 Å². The number of thiophene rings is 1. The molecule has 0 saturated carbocycles. The fourth-order valence-electron chi connectivity index (χ4n) is 6.85. The summed E-state index contributed by atoms with van der Waals surface area (Å²) >= 11 is 1.57. The van der Waals surface area contributed by atoms with Crippen molar-refractivity contribution in [3.05, 3.63) is 50.4 Å². The van der Waals surface area contributed by atoms with Crippen LogP contribution in [0.2, 0.25) is 0 Å². The predicted molar refractivity (Wildman–Crippen MR) is 180 cm³/mol. The van der Waals surface area contributed by atoms with Crippen LogP contribution in [0.25, 0.3) is 0 Å². The minimum absolute atomic E-state index is 0.114. The van der Waals surface area contributed by atoms with E-state index in [1.165, 1.54) is 29.8 Å². The molecule has 0 radical (unpaired) electrons. The maximum absolute atomic E-state index is 9.94. The molecule has 2 atom stereocenters. The van der Waals surface area contributed by atoms with Crippen molar-refractivity contribution in [1.82, 2.24) is 19.8 Å². The lowest BCUT2D eigenvalue weighted by Crippen LogP contribution is -2.38. The Morgan fingerprint density at radius 2 is 1.93 bits per heavy atom. The van der Waals surface area contributed by atoms with E-state index in [1.807, 2.05) is 0 Å². The molecule has 0 bridgehead atoms. The highest BCUT2D eigenvalue weighted by molar-refractivity contribution is 7.16. The minimum Gasteiger partial charge on any atom is -0.389 e. The van der Waals surface area contributed by atoms with Crippen molar-refractivity contribution >= 4 is 22.0 Å². The molecule has 2 aliphatic rings. The minimum atomic E-state index is 0.114. The van der Waals surface area contributed by atoms with Crippen molar-refractivity contribution in [2.75, 3.05) is 33.4 Å². The molecule has 2 aromatic heterocycles. The first-order valence-corrected chi connectivity index (χ1v) is 17.1. The fourth-order valence-corrected chi connectivity index (χ4v) is 7.97. The number of nitrogens with one attached hydrogen (secondary N) is 1. The zero-order valence-electron chi connectivity index (χ0n) is 27.6. The quantitative estimate of drug-likeness (QED) is 0.233. The van der Waals surface area contributed by atoms with Crippen molar-refractivity contribution in [3.8, 4) is 6.07 Å². The topological polar surface area (TPSA) is 106 Å². The number of hydrogen-bond donors (Lipinski definition) is 2. The molecule has 234 valence electrons. The molecule has 2 aromatic rings. The second-order valence-electron chi connectivity index (χ2n) is 13.6. The first-order valence-electron chi connectivity index (χ1n) is 16.3. The van der Waals surface area contributed by atoms with E-state index in [0.29, 0.717) is 28.1 Å². The number of allylic oxidation sites excluding steroid dienone is 2. The van der Waals surface area contributed by atoms with Crippen molar-refractivity contribution in [3.63, 3.8) is 0 Å². The van der Waals surface area contributed by atoms with Gasteiger partial charge in [0.25, 0.3) is 0 Å². The number of likely N-dealkylation sites (tertiary alicyclic amines) is 1. The van der Waals surface area contributed by atoms with Crippen LogP contribution in [0.15, 0.2) is 17.2 Å². The molecule has 0 unspecified atom stereocenters. The van der Waals surface area contributed by atoms with Gasteiger partial charge in [-0.3, -0.25) is 5.41 Å². The van der Waals surface area contributed by atoms with E-state index in [2.05, 4.69) is 70.8 Å². The maximum atomic E-state index is 9.94. The van der Waals surface area contributed by atoms with Crippen molar-refractivity contribution in [2.45, 2.75) is 122 Å². The van der Waals surface area contributed by atoms with Crippen LogP contribution in [-0.4, -0.2) is 64.7 Å². The summed E-state index contributed by atoms with van der Waals surface area (Å²) in [5.41, 5.74) is 12.9. The van der Waals surface area contributed by atoms with Gasteiger partial charge >= 0.3 is 0 Å². The SMILES string of the molecule is CCC/C(C(=N)c1nc(CCCC(C)(C)N(C)C)cc(CC[C@@H]2CCCN2C)n1)=C(/C)[C@H]1CCCc2sc(N)c(C#N)c21. The second kappa shape index (κ2) is 14.5. The van der Waals surface area contributed by atoms with Crippen LogP contribution in [0.4, 0.5) is 5.00 Å². The van der Waals surface area contributed by atoms with Gasteiger partial charge in [-0.15, -0.1) is 11.3 Å². The van der Waals surface area contributed by atoms with Crippen LogP contribution in [0.1, 0.15) is 125 Å². The molecule has 0 aromatic carbocycles. The molecule has 4 rings (SSSR count). The van der Waals surface area contributed by atoms with E-state index in [-0.39, 0.29) is 11.5 Å². The second-order valence-corrected chi connectivity index (χ2v) is 14.7. The Balaban J connectivity index is 1.68. The molecule has 0 spiro atoms. The zero-order valence-corrected chi connectivity index (χ0v) is 28.5. The molecule has 1 aliphatic carbocycles. The summed E-state index contributed by atoms with van der Waals surface area (Å²) in [6.45, 7) is 10.1. The van der Waals surface area contributed by atoms with E-state index in [0.717, 1.165) is 86.7 Å². The molecule has 1 aliphatic heterocycles. The number of anilines is 1. The monoisotopic (exact) mass is 603 g/mol. The van der Waals surface area contributed by atoms with Gasteiger partial charge < -0.3 is 15.5 Å². The largest absolute Gasteiger partial charge is 0.389 e. The number of nitrogens with two attached hydrogens (primary N) is 1. The number of nitrogens with zero attached hydrogens (tertiary/aromatic N) is 5. The van der Waals surface area contributed by atoms with E-state index in [4.69, 9.17) is 15.7 Å². The van der Waals surface area contributed by atoms with Gasteiger partial charge in [0.05, 0.1) is 5.56 Å². The normalized spacial score (nSPS) is 19.8. The maximum Gasteiger partial charge on any atom is 0.178 e. The zero-order chi connectivity index (χ0) is 31.3. The van der Waals surface area contributed by atoms with Crippen LogP contribution in [0, 0.1) is 16.7 Å². The first-order chi connectivity index (χ1) is 20.5. The van der Waals surface area contributed by atoms with Crippen molar-refractivity contribution in [1.29, 1.82) is 10.7 Å². The summed E-state index contributed by atoms with van der Waals surface area (Å²) in [5.74, 6) is 0.672. The lowest BCUT2D eigenvalue weighted by Gasteiger charge is -2.32. The highest BCUT2D eigenvalue weighted by Crippen LogP contribution is 2.46. The van der Waals surface area contributed by atoms with E-state index in [1.54, 1.807) is 11.3 Å². The Morgan fingerprint density at radius 1 is 1.21 bits per heavy atom. The molecule has 7 nitrogen and oxygen atoms in total. The van der Waals surface area contributed by atoms with Gasteiger partial charge in [0, 0.05) is 33.8 Å². The van der Waals surface area contributed by atoms with Crippen LogP contribution in [0.3, 0.4) is 0 Å². The van der Waals surface area contributed by atoms with Gasteiger partial charge in [-0.05, 0) is 136 Å². The van der Waals surface area contributed by atoms with Gasteiger partial charge in [0.2, 0.25) is 0 Å². The van der Waals surface area contributed by atoms with Crippen molar-refractivity contribution in [2.24, 2.45) is 0 Å². The summed E-state index contributed by atoms with van der Waals surface area (Å²) < 4.78 is 0. The number of fused-ring (bicyclic) bond motifs is 1. The summed E-state index contributed by atoms with van der Waals surface area (Å²) in [6, 6.07) is 5.19. The number of aromatic nitrogens is 2.